The molecule has 6 nitrogen and oxygen atoms in total. The van der Waals surface area contributed by atoms with Gasteiger partial charge in [0.15, 0.2) is 5.96 Å². The topological polar surface area (TPSA) is 74.8 Å². The summed E-state index contributed by atoms with van der Waals surface area (Å²) in [6, 6.07) is 12.1. The Balaban J connectivity index is 1.74. The van der Waals surface area contributed by atoms with Crippen LogP contribution >= 0.6 is 0 Å². The third-order valence-corrected chi connectivity index (χ3v) is 4.17. The van der Waals surface area contributed by atoms with Gasteiger partial charge in [-0.05, 0) is 42.3 Å². The summed E-state index contributed by atoms with van der Waals surface area (Å²) in [5, 5.41) is 8.77. The lowest BCUT2D eigenvalue weighted by Gasteiger charge is -2.13. The molecule has 1 amide bonds. The van der Waals surface area contributed by atoms with Gasteiger partial charge >= 0.3 is 6.18 Å². The fourth-order valence-electron chi connectivity index (χ4n) is 2.66. The minimum Gasteiger partial charge on any atom is -0.492 e. The summed E-state index contributed by atoms with van der Waals surface area (Å²) < 4.78 is 43.5. The van der Waals surface area contributed by atoms with Crippen LogP contribution in [0.25, 0.3) is 0 Å². The van der Waals surface area contributed by atoms with E-state index in [4.69, 9.17) is 4.74 Å². The monoisotopic (exact) mass is 422 g/mol. The number of nitrogens with one attached hydrogen (secondary N) is 3. The van der Waals surface area contributed by atoms with E-state index in [2.05, 4.69) is 20.9 Å². The highest BCUT2D eigenvalue weighted by atomic mass is 19.4. The van der Waals surface area contributed by atoms with Crippen LogP contribution in [-0.4, -0.2) is 45.7 Å². The SMILES string of the molecule is CN=C(NCCOc1cccc(C(F)(F)F)c1)NCCc1cccc(C(=O)NC)c1. The molecule has 3 N–H and O–H groups in total. The van der Waals surface area contributed by atoms with Crippen LogP contribution in [0.2, 0.25) is 0 Å². The normalized spacial score (nSPS) is 11.7. The van der Waals surface area contributed by atoms with E-state index in [-0.39, 0.29) is 18.3 Å². The molecule has 2 aromatic rings. The van der Waals surface area contributed by atoms with E-state index in [1.54, 1.807) is 20.2 Å². The van der Waals surface area contributed by atoms with Crippen molar-refractivity contribution in [1.29, 1.82) is 0 Å². The molecule has 0 spiro atoms. The summed E-state index contributed by atoms with van der Waals surface area (Å²) in [4.78, 5) is 15.8. The van der Waals surface area contributed by atoms with Gasteiger partial charge in [-0.15, -0.1) is 0 Å². The fraction of sp³-hybridized carbons (Fsp3) is 0.333. The molecule has 0 aliphatic rings. The van der Waals surface area contributed by atoms with Gasteiger partial charge in [0, 0.05) is 26.2 Å². The van der Waals surface area contributed by atoms with E-state index in [1.165, 1.54) is 12.1 Å². The van der Waals surface area contributed by atoms with E-state index < -0.39 is 11.7 Å². The van der Waals surface area contributed by atoms with Gasteiger partial charge in [-0.1, -0.05) is 18.2 Å². The summed E-state index contributed by atoms with van der Waals surface area (Å²) in [5.74, 6) is 0.568. The van der Waals surface area contributed by atoms with E-state index in [0.717, 1.165) is 17.7 Å². The molecular weight excluding hydrogens is 397 g/mol. The highest BCUT2D eigenvalue weighted by Crippen LogP contribution is 2.31. The molecule has 0 heterocycles. The molecule has 0 bridgehead atoms. The molecule has 0 radical (unpaired) electrons. The predicted octanol–water partition coefficient (Wildman–Crippen LogP) is 2.85. The summed E-state index contributed by atoms with van der Waals surface area (Å²) in [7, 11) is 3.21. The van der Waals surface area contributed by atoms with Crippen molar-refractivity contribution in [3.8, 4) is 5.75 Å². The highest BCUT2D eigenvalue weighted by molar-refractivity contribution is 5.94. The summed E-state index contributed by atoms with van der Waals surface area (Å²) in [5.41, 5.74) is 0.863. The second-order valence-corrected chi connectivity index (χ2v) is 6.33. The highest BCUT2D eigenvalue weighted by Gasteiger charge is 2.30. The van der Waals surface area contributed by atoms with Gasteiger partial charge in [0.1, 0.15) is 12.4 Å². The number of carbonyl (C=O) groups is 1. The number of halogens is 3. The van der Waals surface area contributed by atoms with Crippen molar-refractivity contribution in [1.82, 2.24) is 16.0 Å². The van der Waals surface area contributed by atoms with Crippen molar-refractivity contribution >= 4 is 11.9 Å². The number of benzene rings is 2. The molecule has 0 fully saturated rings. The molecule has 0 aromatic heterocycles. The molecule has 0 unspecified atom stereocenters. The second kappa shape index (κ2) is 11.1. The molecule has 2 rings (SSSR count). The van der Waals surface area contributed by atoms with E-state index in [9.17, 15) is 18.0 Å². The first kappa shape index (κ1) is 23.1. The fourth-order valence-corrected chi connectivity index (χ4v) is 2.66. The maximum absolute atomic E-state index is 12.7. The Hall–Kier alpha value is -3.23. The van der Waals surface area contributed by atoms with Crippen molar-refractivity contribution in [3.63, 3.8) is 0 Å². The van der Waals surface area contributed by atoms with Crippen LogP contribution in [-0.2, 0) is 12.6 Å². The van der Waals surface area contributed by atoms with Gasteiger partial charge in [0.25, 0.3) is 5.91 Å². The standard InChI is InChI=1S/C21H25F3N4O2/c1-25-19(29)16-6-3-5-15(13-16)9-10-27-20(26-2)28-11-12-30-18-8-4-7-17(14-18)21(22,23)24/h3-8,13-14H,9-12H2,1-2H3,(H,25,29)(H2,26,27,28). The van der Waals surface area contributed by atoms with Gasteiger partial charge in [-0.3, -0.25) is 9.79 Å². The molecule has 162 valence electrons. The van der Waals surface area contributed by atoms with Gasteiger partial charge in [-0.25, -0.2) is 0 Å². The Bertz CT molecular complexity index is 869. The Morgan fingerprint density at radius 3 is 2.50 bits per heavy atom. The molecular formula is C21H25F3N4O2. The number of guanidine groups is 1. The maximum atomic E-state index is 12.7. The molecule has 0 aliphatic heterocycles. The second-order valence-electron chi connectivity index (χ2n) is 6.33. The van der Waals surface area contributed by atoms with Gasteiger partial charge in [0.2, 0.25) is 0 Å². The zero-order valence-electron chi connectivity index (χ0n) is 16.8. The van der Waals surface area contributed by atoms with Crippen LogP contribution in [0, 0.1) is 0 Å². The Morgan fingerprint density at radius 1 is 1.07 bits per heavy atom. The largest absolute Gasteiger partial charge is 0.492 e. The number of hydrogen-bond donors (Lipinski definition) is 3. The number of nitrogens with zero attached hydrogens (tertiary/aromatic N) is 1. The van der Waals surface area contributed by atoms with E-state index in [0.29, 0.717) is 31.0 Å². The van der Waals surface area contributed by atoms with Crippen LogP contribution in [0.5, 0.6) is 5.75 Å². The van der Waals surface area contributed by atoms with Crippen molar-refractivity contribution in [3.05, 3.63) is 65.2 Å². The Labute approximate surface area is 173 Å². The van der Waals surface area contributed by atoms with Crippen molar-refractivity contribution in [2.24, 2.45) is 4.99 Å². The van der Waals surface area contributed by atoms with Crippen LogP contribution < -0.4 is 20.7 Å². The number of aliphatic imine (C=N–C) groups is 1. The number of rotatable bonds is 8. The number of ether oxygens (including phenoxy) is 1. The van der Waals surface area contributed by atoms with E-state index >= 15 is 0 Å². The first-order valence-corrected chi connectivity index (χ1v) is 9.39. The van der Waals surface area contributed by atoms with Crippen LogP contribution in [0.3, 0.4) is 0 Å². The van der Waals surface area contributed by atoms with E-state index in [1.807, 2.05) is 18.2 Å². The quantitative estimate of drug-likeness (QED) is 0.348. The third-order valence-electron chi connectivity index (χ3n) is 4.17. The molecule has 0 saturated carbocycles. The first-order valence-electron chi connectivity index (χ1n) is 9.39. The minimum atomic E-state index is -4.40. The third kappa shape index (κ3) is 7.31. The molecule has 9 heteroatoms. The molecule has 0 aliphatic carbocycles. The summed E-state index contributed by atoms with van der Waals surface area (Å²) >= 11 is 0. The van der Waals surface area contributed by atoms with Crippen LogP contribution in [0.1, 0.15) is 21.5 Å². The van der Waals surface area contributed by atoms with Gasteiger partial charge < -0.3 is 20.7 Å². The molecule has 30 heavy (non-hydrogen) atoms. The Kier molecular flexibility index (Phi) is 8.52. The average Bonchev–Trinajstić information content (AvgIpc) is 2.74. The summed E-state index contributed by atoms with van der Waals surface area (Å²) in [6.45, 7) is 1.13. The van der Waals surface area contributed by atoms with Gasteiger partial charge in [-0.2, -0.15) is 13.2 Å². The number of carbonyl (C=O) groups excluding carboxylic acids is 1. The zero-order chi connectivity index (χ0) is 22.0. The lowest BCUT2D eigenvalue weighted by molar-refractivity contribution is -0.137. The maximum Gasteiger partial charge on any atom is 0.416 e. The number of amides is 1. The van der Waals surface area contributed by atoms with Crippen LogP contribution in [0.4, 0.5) is 13.2 Å². The van der Waals surface area contributed by atoms with Crippen molar-refractivity contribution in [2.75, 3.05) is 33.8 Å². The lowest BCUT2D eigenvalue weighted by atomic mass is 10.1. The van der Waals surface area contributed by atoms with Crippen LogP contribution in [0.15, 0.2) is 53.5 Å². The summed E-state index contributed by atoms with van der Waals surface area (Å²) in [6.07, 6.45) is -3.71. The van der Waals surface area contributed by atoms with Gasteiger partial charge in [0.05, 0.1) is 12.1 Å². The Morgan fingerprint density at radius 2 is 1.80 bits per heavy atom. The van der Waals surface area contributed by atoms with Crippen molar-refractivity contribution < 1.29 is 22.7 Å². The zero-order valence-corrected chi connectivity index (χ0v) is 16.8. The van der Waals surface area contributed by atoms with Crippen molar-refractivity contribution in [2.45, 2.75) is 12.6 Å². The first-order chi connectivity index (χ1) is 14.3. The average molecular weight is 422 g/mol. The smallest absolute Gasteiger partial charge is 0.416 e. The number of alkyl halides is 3. The number of hydrogen-bond acceptors (Lipinski definition) is 3. The molecule has 0 saturated heterocycles. The lowest BCUT2D eigenvalue weighted by Crippen LogP contribution is -2.40. The molecule has 0 atom stereocenters. The predicted molar refractivity (Wildman–Crippen MR) is 110 cm³/mol. The molecule has 2 aromatic carbocycles. The minimum absolute atomic E-state index is 0.136.